The molecule has 0 spiro atoms. The lowest BCUT2D eigenvalue weighted by Gasteiger charge is -2.06. The molecule has 0 bridgehead atoms. The molecule has 0 saturated heterocycles. The van der Waals surface area contributed by atoms with Crippen LogP contribution >= 0.6 is 0 Å². The Labute approximate surface area is 113 Å². The van der Waals surface area contributed by atoms with E-state index in [1.54, 1.807) is 18.2 Å². The van der Waals surface area contributed by atoms with E-state index in [1.165, 1.54) is 24.4 Å². The average molecular weight is 274 g/mol. The van der Waals surface area contributed by atoms with Gasteiger partial charge >= 0.3 is 5.69 Å². The van der Waals surface area contributed by atoms with Crippen LogP contribution in [0.3, 0.4) is 0 Å². The Morgan fingerprint density at radius 3 is 2.35 bits per heavy atom. The second kappa shape index (κ2) is 5.74. The van der Waals surface area contributed by atoms with Gasteiger partial charge in [-0.1, -0.05) is 18.2 Å². The molecular formula is C12H10N4O4. The topological polar surface area (TPSA) is 111 Å². The second-order valence-electron chi connectivity index (χ2n) is 3.87. The Morgan fingerprint density at radius 2 is 1.65 bits per heavy atom. The molecule has 20 heavy (non-hydrogen) atoms. The molecular weight excluding hydrogens is 264 g/mol. The molecule has 1 heterocycles. The summed E-state index contributed by atoms with van der Waals surface area (Å²) in [5.74, 6) is 0.0793. The highest BCUT2D eigenvalue weighted by atomic mass is 16.6. The van der Waals surface area contributed by atoms with E-state index in [-0.39, 0.29) is 23.7 Å². The number of hydrogen-bond acceptors (Lipinski definition) is 6. The summed E-state index contributed by atoms with van der Waals surface area (Å²) in [6, 6.07) is 8.95. The van der Waals surface area contributed by atoms with Crippen molar-refractivity contribution in [3.8, 4) is 0 Å². The number of aromatic nitrogens is 1. The van der Waals surface area contributed by atoms with Crippen LogP contribution in [-0.2, 0) is 6.54 Å². The number of benzene rings is 1. The first-order valence-corrected chi connectivity index (χ1v) is 5.65. The van der Waals surface area contributed by atoms with Gasteiger partial charge in [-0.25, -0.2) is 4.98 Å². The fraction of sp³-hybridized carbons (Fsp3) is 0.0833. The van der Waals surface area contributed by atoms with Gasteiger partial charge in [0.1, 0.15) is 0 Å². The molecule has 0 aliphatic heterocycles. The first-order valence-electron chi connectivity index (χ1n) is 5.65. The Hall–Kier alpha value is -3.03. The molecule has 2 rings (SSSR count). The van der Waals surface area contributed by atoms with Gasteiger partial charge < -0.3 is 5.32 Å². The van der Waals surface area contributed by atoms with Crippen LogP contribution in [0.1, 0.15) is 5.56 Å². The van der Waals surface area contributed by atoms with Gasteiger partial charge in [0.2, 0.25) is 5.82 Å². The smallest absolute Gasteiger partial charge is 0.311 e. The molecule has 8 nitrogen and oxygen atoms in total. The predicted octanol–water partition coefficient (Wildman–Crippen LogP) is 2.51. The molecule has 1 aromatic carbocycles. The van der Waals surface area contributed by atoms with Gasteiger partial charge in [0.15, 0.2) is 0 Å². The molecule has 0 aliphatic carbocycles. The molecule has 8 heteroatoms. The summed E-state index contributed by atoms with van der Waals surface area (Å²) in [7, 11) is 0. The third-order valence-corrected chi connectivity index (χ3v) is 2.62. The molecule has 102 valence electrons. The largest absolute Gasteiger partial charge is 0.360 e. The summed E-state index contributed by atoms with van der Waals surface area (Å²) in [6.07, 6.45) is 1.41. The first kappa shape index (κ1) is 13.4. The molecule has 1 aromatic heterocycles. The van der Waals surface area contributed by atoms with Gasteiger partial charge in [0.25, 0.3) is 5.69 Å². The lowest BCUT2D eigenvalue weighted by Crippen LogP contribution is -2.06. The van der Waals surface area contributed by atoms with Gasteiger partial charge in [-0.15, -0.1) is 0 Å². The SMILES string of the molecule is O=[N+]([O-])c1ccccc1CNc1ncccc1[N+](=O)[O-]. The zero-order chi connectivity index (χ0) is 14.5. The van der Waals surface area contributed by atoms with Crippen molar-refractivity contribution in [1.82, 2.24) is 4.98 Å². The number of para-hydroxylation sites is 1. The van der Waals surface area contributed by atoms with E-state index in [2.05, 4.69) is 10.3 Å². The second-order valence-corrected chi connectivity index (χ2v) is 3.87. The van der Waals surface area contributed by atoms with Crippen LogP contribution in [0.4, 0.5) is 17.2 Å². The number of pyridine rings is 1. The number of rotatable bonds is 5. The van der Waals surface area contributed by atoms with Gasteiger partial charge in [0.05, 0.1) is 9.85 Å². The summed E-state index contributed by atoms with van der Waals surface area (Å²) in [4.78, 5) is 24.5. The monoisotopic (exact) mass is 274 g/mol. The van der Waals surface area contributed by atoms with Gasteiger partial charge in [0, 0.05) is 30.4 Å². The minimum absolute atomic E-state index is 0.0430. The van der Waals surface area contributed by atoms with Crippen LogP contribution in [0.25, 0.3) is 0 Å². The maximum Gasteiger partial charge on any atom is 0.311 e. The minimum Gasteiger partial charge on any atom is -0.360 e. The summed E-state index contributed by atoms with van der Waals surface area (Å²) in [5, 5.41) is 24.4. The highest BCUT2D eigenvalue weighted by Gasteiger charge is 2.16. The summed E-state index contributed by atoms with van der Waals surface area (Å²) >= 11 is 0. The summed E-state index contributed by atoms with van der Waals surface area (Å²) in [5.41, 5.74) is 0.210. The molecule has 1 N–H and O–H groups in total. The van der Waals surface area contributed by atoms with Gasteiger partial charge in [-0.3, -0.25) is 20.2 Å². The van der Waals surface area contributed by atoms with Crippen LogP contribution in [-0.4, -0.2) is 14.8 Å². The summed E-state index contributed by atoms with van der Waals surface area (Å²) < 4.78 is 0. The van der Waals surface area contributed by atoms with E-state index in [0.29, 0.717) is 5.56 Å². The zero-order valence-corrected chi connectivity index (χ0v) is 10.2. The molecule has 0 saturated carbocycles. The third kappa shape index (κ3) is 2.86. The van der Waals surface area contributed by atoms with Crippen molar-refractivity contribution in [1.29, 1.82) is 0 Å². The maximum absolute atomic E-state index is 10.9. The molecule has 0 radical (unpaired) electrons. The predicted molar refractivity (Wildman–Crippen MR) is 71.3 cm³/mol. The van der Waals surface area contributed by atoms with E-state index in [4.69, 9.17) is 0 Å². The molecule has 0 atom stereocenters. The maximum atomic E-state index is 10.9. The van der Waals surface area contributed by atoms with Crippen molar-refractivity contribution in [2.45, 2.75) is 6.54 Å². The van der Waals surface area contributed by atoms with Crippen molar-refractivity contribution in [3.63, 3.8) is 0 Å². The molecule has 0 fully saturated rings. The van der Waals surface area contributed by atoms with Crippen molar-refractivity contribution in [2.75, 3.05) is 5.32 Å². The third-order valence-electron chi connectivity index (χ3n) is 2.62. The minimum atomic E-state index is -0.561. The van der Waals surface area contributed by atoms with Crippen molar-refractivity contribution in [3.05, 3.63) is 68.4 Å². The molecule has 0 amide bonds. The normalized spacial score (nSPS) is 10.0. The molecule has 0 aliphatic rings. The summed E-state index contributed by atoms with van der Waals surface area (Å²) in [6.45, 7) is 0.0784. The Kier molecular flexibility index (Phi) is 3.85. The van der Waals surface area contributed by atoms with E-state index in [0.717, 1.165) is 0 Å². The van der Waals surface area contributed by atoms with E-state index < -0.39 is 9.85 Å². The Morgan fingerprint density at radius 1 is 1.00 bits per heavy atom. The standard InChI is InChI=1S/C12H10N4O4/c17-15(18)10-5-2-1-4-9(10)8-14-12-11(16(19)20)6-3-7-13-12/h1-7H,8H2,(H,13,14). The lowest BCUT2D eigenvalue weighted by molar-refractivity contribution is -0.385. The average Bonchev–Trinajstić information content (AvgIpc) is 2.45. The number of nitrogens with one attached hydrogen (secondary N) is 1. The highest BCUT2D eigenvalue weighted by molar-refractivity contribution is 5.56. The number of hydrogen-bond donors (Lipinski definition) is 1. The Balaban J connectivity index is 2.22. The van der Waals surface area contributed by atoms with Crippen LogP contribution < -0.4 is 5.32 Å². The van der Waals surface area contributed by atoms with Crippen LogP contribution in [0.2, 0.25) is 0 Å². The van der Waals surface area contributed by atoms with Crippen LogP contribution in [0.15, 0.2) is 42.6 Å². The quantitative estimate of drug-likeness (QED) is 0.662. The van der Waals surface area contributed by atoms with Crippen LogP contribution in [0.5, 0.6) is 0 Å². The fourth-order valence-corrected chi connectivity index (χ4v) is 1.70. The number of nitro groups is 2. The van der Waals surface area contributed by atoms with E-state index in [1.807, 2.05) is 0 Å². The molecule has 2 aromatic rings. The Bertz CT molecular complexity index is 602. The lowest BCUT2D eigenvalue weighted by atomic mass is 10.2. The molecule has 0 unspecified atom stereocenters. The van der Waals surface area contributed by atoms with Crippen LogP contribution in [0, 0.1) is 20.2 Å². The van der Waals surface area contributed by atoms with Crippen molar-refractivity contribution < 1.29 is 9.85 Å². The highest BCUT2D eigenvalue weighted by Crippen LogP contribution is 2.23. The number of anilines is 1. The number of nitro benzene ring substituents is 1. The van der Waals surface area contributed by atoms with Crippen molar-refractivity contribution >= 4 is 17.2 Å². The van der Waals surface area contributed by atoms with Gasteiger partial charge in [-0.05, 0) is 6.07 Å². The fourth-order valence-electron chi connectivity index (χ4n) is 1.70. The number of nitrogens with zero attached hydrogens (tertiary/aromatic N) is 3. The first-order chi connectivity index (χ1) is 9.59. The zero-order valence-electron chi connectivity index (χ0n) is 10.2. The van der Waals surface area contributed by atoms with Crippen molar-refractivity contribution in [2.24, 2.45) is 0 Å². The van der Waals surface area contributed by atoms with E-state index >= 15 is 0 Å². The van der Waals surface area contributed by atoms with Gasteiger partial charge in [-0.2, -0.15) is 0 Å². The van der Waals surface area contributed by atoms with E-state index in [9.17, 15) is 20.2 Å².